The van der Waals surface area contributed by atoms with Crippen LogP contribution in [0.25, 0.3) is 0 Å². The molecule has 0 aromatic heterocycles. The highest BCUT2D eigenvalue weighted by atomic mass is 35.5. The lowest BCUT2D eigenvalue weighted by Gasteiger charge is -2.13. The van der Waals surface area contributed by atoms with Crippen molar-refractivity contribution in [2.45, 2.75) is 12.5 Å². The Morgan fingerprint density at radius 1 is 1.41 bits per heavy atom. The Bertz CT molecular complexity index is 376. The normalized spacial score (nSPS) is 10.6. The van der Waals surface area contributed by atoms with E-state index in [1.807, 2.05) is 0 Å². The quantitative estimate of drug-likeness (QED) is 0.723. The molecule has 0 atom stereocenters. The van der Waals surface area contributed by atoms with Crippen LogP contribution in [0.3, 0.4) is 0 Å². The molecule has 0 aliphatic heterocycles. The molecule has 94 valence electrons. The first-order valence-corrected chi connectivity index (χ1v) is 5.40. The van der Waals surface area contributed by atoms with Crippen LogP contribution in [-0.4, -0.2) is 35.4 Å². The van der Waals surface area contributed by atoms with E-state index in [2.05, 4.69) is 5.32 Å². The number of amides is 1. The minimum atomic E-state index is -0.743. The van der Waals surface area contributed by atoms with Crippen LogP contribution in [0.2, 0.25) is 5.02 Å². The summed E-state index contributed by atoms with van der Waals surface area (Å²) in [4.78, 5) is 11.5. The molecule has 0 radical (unpaired) electrons. The number of carbonyl (C=O) groups is 1. The second-order valence-electron chi connectivity index (χ2n) is 3.51. The number of hydrogen-bond donors (Lipinski definition) is 3. The van der Waals surface area contributed by atoms with Crippen LogP contribution in [0.5, 0.6) is 0 Å². The highest BCUT2D eigenvalue weighted by Crippen LogP contribution is 2.19. The van der Waals surface area contributed by atoms with Crippen LogP contribution in [0.15, 0.2) is 18.2 Å². The summed E-state index contributed by atoms with van der Waals surface area (Å²) in [6.07, 6.45) is -0.234. The molecule has 1 rings (SSSR count). The molecule has 0 fully saturated rings. The first kappa shape index (κ1) is 13.9. The highest BCUT2D eigenvalue weighted by molar-refractivity contribution is 6.31. The number of hydrogen-bond acceptors (Lipinski definition) is 3. The monoisotopic (exact) mass is 261 g/mol. The number of nitrogens with one attached hydrogen (secondary N) is 1. The Kier molecular flexibility index (Phi) is 5.34. The van der Waals surface area contributed by atoms with E-state index in [-0.39, 0.29) is 30.2 Å². The zero-order valence-corrected chi connectivity index (χ0v) is 9.75. The maximum atomic E-state index is 13.3. The smallest absolute Gasteiger partial charge is 0.224 e. The Morgan fingerprint density at radius 3 is 2.59 bits per heavy atom. The molecule has 0 unspecified atom stereocenters. The fourth-order valence-corrected chi connectivity index (χ4v) is 1.52. The molecule has 6 heteroatoms. The van der Waals surface area contributed by atoms with E-state index in [9.17, 15) is 9.18 Å². The molecule has 1 aromatic carbocycles. The lowest BCUT2D eigenvalue weighted by Crippen LogP contribution is -2.40. The van der Waals surface area contributed by atoms with Crippen LogP contribution in [0.1, 0.15) is 5.56 Å². The zero-order chi connectivity index (χ0) is 12.8. The van der Waals surface area contributed by atoms with Crippen molar-refractivity contribution in [1.82, 2.24) is 5.32 Å². The SMILES string of the molecule is O=C(Cc1c(F)cccc1Cl)NC(CO)CO. The Balaban J connectivity index is 2.68. The van der Waals surface area contributed by atoms with E-state index in [1.54, 1.807) is 0 Å². The molecular weight excluding hydrogens is 249 g/mol. The standard InChI is InChI=1S/C11H13ClFNO3/c12-9-2-1-3-10(13)8(9)4-11(17)14-7(5-15)6-16/h1-3,7,15-16H,4-6H2,(H,14,17). The third-order valence-corrected chi connectivity index (χ3v) is 2.56. The molecule has 0 heterocycles. The van der Waals surface area contributed by atoms with E-state index >= 15 is 0 Å². The summed E-state index contributed by atoms with van der Waals surface area (Å²) < 4.78 is 13.3. The zero-order valence-electron chi connectivity index (χ0n) is 8.99. The second-order valence-corrected chi connectivity index (χ2v) is 3.91. The van der Waals surface area contributed by atoms with Crippen molar-refractivity contribution in [2.75, 3.05) is 13.2 Å². The van der Waals surface area contributed by atoms with Crippen molar-refractivity contribution >= 4 is 17.5 Å². The molecule has 0 saturated carbocycles. The van der Waals surface area contributed by atoms with Gasteiger partial charge < -0.3 is 15.5 Å². The van der Waals surface area contributed by atoms with E-state index in [0.717, 1.165) is 0 Å². The van der Waals surface area contributed by atoms with Gasteiger partial charge in [0.15, 0.2) is 0 Å². The van der Waals surface area contributed by atoms with Gasteiger partial charge in [0.2, 0.25) is 5.91 Å². The van der Waals surface area contributed by atoms with E-state index in [1.165, 1.54) is 18.2 Å². The van der Waals surface area contributed by atoms with Gasteiger partial charge in [0.25, 0.3) is 0 Å². The molecule has 1 amide bonds. The Labute approximate surface area is 103 Å². The lowest BCUT2D eigenvalue weighted by molar-refractivity contribution is -0.121. The van der Waals surface area contributed by atoms with Gasteiger partial charge in [-0.25, -0.2) is 4.39 Å². The van der Waals surface area contributed by atoms with Gasteiger partial charge in [-0.1, -0.05) is 17.7 Å². The highest BCUT2D eigenvalue weighted by Gasteiger charge is 2.14. The largest absolute Gasteiger partial charge is 0.394 e. The maximum Gasteiger partial charge on any atom is 0.224 e. The van der Waals surface area contributed by atoms with Gasteiger partial charge in [-0.05, 0) is 12.1 Å². The van der Waals surface area contributed by atoms with Crippen LogP contribution < -0.4 is 5.32 Å². The summed E-state index contributed by atoms with van der Waals surface area (Å²) in [5.74, 6) is -1.07. The first-order valence-electron chi connectivity index (χ1n) is 5.02. The molecule has 0 spiro atoms. The second kappa shape index (κ2) is 6.54. The minimum absolute atomic E-state index is 0.0984. The molecule has 3 N–H and O–H groups in total. The first-order chi connectivity index (χ1) is 8.08. The summed E-state index contributed by atoms with van der Waals surface area (Å²) in [5.41, 5.74) is 0.0984. The predicted octanol–water partition coefficient (Wildman–Crippen LogP) is 0.491. The maximum absolute atomic E-state index is 13.3. The molecule has 0 aliphatic carbocycles. The number of benzene rings is 1. The summed E-state index contributed by atoms with van der Waals surface area (Å²) >= 11 is 5.76. The third-order valence-electron chi connectivity index (χ3n) is 2.20. The van der Waals surface area contributed by atoms with Crippen molar-refractivity contribution in [1.29, 1.82) is 0 Å². The summed E-state index contributed by atoms with van der Waals surface area (Å²) in [5, 5.41) is 20.1. The van der Waals surface area contributed by atoms with Crippen molar-refractivity contribution in [3.8, 4) is 0 Å². The molecule has 17 heavy (non-hydrogen) atoms. The summed E-state index contributed by atoms with van der Waals surface area (Å²) in [6, 6.07) is 3.41. The fourth-order valence-electron chi connectivity index (χ4n) is 1.29. The Hall–Kier alpha value is -1.17. The average molecular weight is 262 g/mol. The molecular formula is C11H13ClFNO3. The molecule has 1 aromatic rings. The summed E-state index contributed by atoms with van der Waals surface area (Å²) in [7, 11) is 0. The fraction of sp³-hybridized carbons (Fsp3) is 0.364. The van der Waals surface area contributed by atoms with Gasteiger partial charge >= 0.3 is 0 Å². The molecule has 0 aliphatic rings. The number of carbonyl (C=O) groups excluding carboxylic acids is 1. The minimum Gasteiger partial charge on any atom is -0.394 e. The van der Waals surface area contributed by atoms with Gasteiger partial charge in [0.1, 0.15) is 5.82 Å². The van der Waals surface area contributed by atoms with Crippen molar-refractivity contribution < 1.29 is 19.4 Å². The number of aliphatic hydroxyl groups excluding tert-OH is 2. The van der Waals surface area contributed by atoms with Gasteiger partial charge in [-0.3, -0.25) is 4.79 Å². The molecule has 0 saturated heterocycles. The van der Waals surface area contributed by atoms with Crippen molar-refractivity contribution in [3.05, 3.63) is 34.6 Å². The van der Waals surface area contributed by atoms with Crippen LogP contribution in [0.4, 0.5) is 4.39 Å². The van der Waals surface area contributed by atoms with E-state index in [4.69, 9.17) is 21.8 Å². The topological polar surface area (TPSA) is 69.6 Å². The molecule has 0 bridgehead atoms. The van der Waals surface area contributed by atoms with Crippen molar-refractivity contribution in [2.24, 2.45) is 0 Å². The average Bonchev–Trinajstić information content (AvgIpc) is 2.31. The number of rotatable bonds is 5. The van der Waals surface area contributed by atoms with Crippen molar-refractivity contribution in [3.63, 3.8) is 0 Å². The van der Waals surface area contributed by atoms with Gasteiger partial charge in [0.05, 0.1) is 25.7 Å². The Morgan fingerprint density at radius 2 is 2.06 bits per heavy atom. The van der Waals surface area contributed by atoms with Gasteiger partial charge in [0, 0.05) is 10.6 Å². The summed E-state index contributed by atoms with van der Waals surface area (Å²) in [6.45, 7) is -0.763. The number of halogens is 2. The predicted molar refractivity (Wildman–Crippen MR) is 61.2 cm³/mol. The van der Waals surface area contributed by atoms with E-state index in [0.29, 0.717) is 0 Å². The van der Waals surface area contributed by atoms with Gasteiger partial charge in [-0.2, -0.15) is 0 Å². The van der Waals surface area contributed by atoms with Crippen LogP contribution >= 0.6 is 11.6 Å². The van der Waals surface area contributed by atoms with Crippen LogP contribution in [-0.2, 0) is 11.2 Å². The molecule has 4 nitrogen and oxygen atoms in total. The van der Waals surface area contributed by atoms with Crippen LogP contribution in [0, 0.1) is 5.82 Å². The van der Waals surface area contributed by atoms with E-state index < -0.39 is 17.8 Å². The van der Waals surface area contributed by atoms with Gasteiger partial charge in [-0.15, -0.1) is 0 Å². The number of aliphatic hydroxyl groups is 2. The lowest BCUT2D eigenvalue weighted by atomic mass is 10.1. The third kappa shape index (κ3) is 3.96.